The number of rotatable bonds is 6. The van der Waals surface area contributed by atoms with E-state index in [-0.39, 0.29) is 12.3 Å². The van der Waals surface area contributed by atoms with Crippen molar-refractivity contribution >= 4 is 34.1 Å². The van der Waals surface area contributed by atoms with Crippen LogP contribution in [-0.4, -0.2) is 30.9 Å². The highest BCUT2D eigenvalue weighted by atomic mass is 32.1. The lowest BCUT2D eigenvalue weighted by atomic mass is 9.89. The topological polar surface area (TPSA) is 121 Å². The molecule has 2 aromatic heterocycles. The number of hydrogen-bond acceptors (Lipinski definition) is 7. The van der Waals surface area contributed by atoms with Crippen LogP contribution < -0.4 is 10.6 Å². The molecule has 2 aromatic rings. The first-order valence-corrected chi connectivity index (χ1v) is 9.61. The van der Waals surface area contributed by atoms with Crippen molar-refractivity contribution in [2.45, 2.75) is 26.2 Å². The Hall–Kier alpha value is -3.12. The molecule has 0 aliphatic heterocycles. The zero-order valence-electron chi connectivity index (χ0n) is 15.2. The van der Waals surface area contributed by atoms with E-state index in [0.717, 1.165) is 29.7 Å². The minimum atomic E-state index is -0.755. The fourth-order valence-electron chi connectivity index (χ4n) is 2.96. The van der Waals surface area contributed by atoms with Crippen molar-refractivity contribution in [3.8, 4) is 6.07 Å². The minimum absolute atomic E-state index is 0.0746. The van der Waals surface area contributed by atoms with E-state index in [1.807, 2.05) is 0 Å². The second-order valence-corrected chi connectivity index (χ2v) is 7.64. The van der Waals surface area contributed by atoms with E-state index in [9.17, 15) is 19.6 Å². The lowest BCUT2D eigenvalue weighted by Gasteiger charge is -2.17. The van der Waals surface area contributed by atoms with Crippen LogP contribution in [-0.2, 0) is 27.2 Å². The van der Waals surface area contributed by atoms with E-state index in [1.54, 1.807) is 6.07 Å². The van der Waals surface area contributed by atoms with Crippen LogP contribution in [0.4, 0.5) is 5.00 Å². The molecule has 1 atom stereocenters. The molecule has 2 heterocycles. The van der Waals surface area contributed by atoms with Gasteiger partial charge >= 0.3 is 5.97 Å². The van der Waals surface area contributed by atoms with Gasteiger partial charge in [-0.15, -0.1) is 11.3 Å². The van der Waals surface area contributed by atoms with E-state index in [1.165, 1.54) is 23.7 Å². The Kier molecular flexibility index (Phi) is 6.11. The van der Waals surface area contributed by atoms with Crippen LogP contribution in [0.3, 0.4) is 0 Å². The number of carbonyl (C=O) groups excluding carboxylic acids is 3. The Morgan fingerprint density at radius 1 is 1.43 bits per heavy atom. The monoisotopic (exact) mass is 401 g/mol. The molecule has 1 aliphatic carbocycles. The first-order chi connectivity index (χ1) is 13.5. The summed E-state index contributed by atoms with van der Waals surface area (Å²) < 4.78 is 9.76. The van der Waals surface area contributed by atoms with Gasteiger partial charge in [-0.1, -0.05) is 6.92 Å². The molecule has 0 radical (unpaired) electrons. The van der Waals surface area contributed by atoms with Gasteiger partial charge in [0.15, 0.2) is 12.4 Å². The number of thiophene rings is 1. The smallest absolute Gasteiger partial charge is 0.325 e. The second kappa shape index (κ2) is 8.71. The molecule has 8 nitrogen and oxygen atoms in total. The van der Waals surface area contributed by atoms with Crippen LogP contribution in [0.25, 0.3) is 0 Å². The predicted octanol–water partition coefficient (Wildman–Crippen LogP) is 2.25. The summed E-state index contributed by atoms with van der Waals surface area (Å²) in [5.41, 5.74) is 1.51. The van der Waals surface area contributed by atoms with E-state index in [0.29, 0.717) is 16.5 Å². The number of anilines is 1. The lowest BCUT2D eigenvalue weighted by Crippen LogP contribution is -2.32. The van der Waals surface area contributed by atoms with Crippen molar-refractivity contribution in [1.29, 1.82) is 5.26 Å². The number of furan rings is 1. The molecule has 1 aliphatic rings. The Bertz CT molecular complexity index is 926. The van der Waals surface area contributed by atoms with Crippen LogP contribution in [0, 0.1) is 17.2 Å². The molecule has 0 aromatic carbocycles. The summed E-state index contributed by atoms with van der Waals surface area (Å²) in [6, 6.07) is 5.18. The number of nitrogens with one attached hydrogen (secondary N) is 2. The van der Waals surface area contributed by atoms with Gasteiger partial charge < -0.3 is 19.8 Å². The number of amides is 2. The molecule has 0 fully saturated rings. The number of esters is 1. The van der Waals surface area contributed by atoms with Crippen molar-refractivity contribution in [1.82, 2.24) is 5.32 Å². The SMILES string of the molecule is C[C@@H]1CCc2c(sc(NC(=O)COC(=O)CNC(=O)c3ccco3)c2C#N)C1. The first-order valence-electron chi connectivity index (χ1n) is 8.79. The summed E-state index contributed by atoms with van der Waals surface area (Å²) >= 11 is 1.40. The van der Waals surface area contributed by atoms with E-state index >= 15 is 0 Å². The molecule has 0 saturated carbocycles. The maximum Gasteiger partial charge on any atom is 0.325 e. The molecule has 2 amide bonds. The molecule has 2 N–H and O–H groups in total. The molecule has 0 spiro atoms. The highest BCUT2D eigenvalue weighted by Crippen LogP contribution is 2.39. The van der Waals surface area contributed by atoms with Crippen molar-refractivity contribution in [2.24, 2.45) is 5.92 Å². The Balaban J connectivity index is 1.49. The van der Waals surface area contributed by atoms with E-state index in [4.69, 9.17) is 9.15 Å². The molecule has 0 saturated heterocycles. The molecule has 0 bridgehead atoms. The number of nitriles is 1. The Morgan fingerprint density at radius 2 is 2.25 bits per heavy atom. The van der Waals surface area contributed by atoms with Gasteiger partial charge in [0.25, 0.3) is 11.8 Å². The average molecular weight is 401 g/mol. The molecular weight excluding hydrogens is 382 g/mol. The summed E-state index contributed by atoms with van der Waals surface area (Å²) in [6.07, 6.45) is 4.09. The van der Waals surface area contributed by atoms with Crippen LogP contribution in [0.15, 0.2) is 22.8 Å². The maximum atomic E-state index is 12.1. The third-order valence-electron chi connectivity index (χ3n) is 4.38. The maximum absolute atomic E-state index is 12.1. The van der Waals surface area contributed by atoms with Crippen LogP contribution in [0.1, 0.15) is 39.9 Å². The minimum Gasteiger partial charge on any atom is -0.459 e. The van der Waals surface area contributed by atoms with Gasteiger partial charge in [-0.3, -0.25) is 14.4 Å². The number of hydrogen-bond donors (Lipinski definition) is 2. The highest BCUT2D eigenvalue weighted by Gasteiger charge is 2.24. The zero-order valence-corrected chi connectivity index (χ0v) is 16.1. The fourth-order valence-corrected chi connectivity index (χ4v) is 4.34. The van der Waals surface area contributed by atoms with Crippen LogP contribution in [0.2, 0.25) is 0 Å². The van der Waals surface area contributed by atoms with Gasteiger partial charge in [-0.2, -0.15) is 5.26 Å². The third-order valence-corrected chi connectivity index (χ3v) is 5.55. The average Bonchev–Trinajstić information content (AvgIpc) is 3.31. The second-order valence-electron chi connectivity index (χ2n) is 6.54. The van der Waals surface area contributed by atoms with E-state index < -0.39 is 24.4 Å². The Labute approximate surface area is 165 Å². The number of nitrogens with zero attached hydrogens (tertiary/aromatic N) is 1. The molecule has 28 heavy (non-hydrogen) atoms. The first kappa shape index (κ1) is 19.6. The van der Waals surface area contributed by atoms with Crippen molar-refractivity contribution in [3.63, 3.8) is 0 Å². The van der Waals surface area contributed by atoms with Crippen LogP contribution in [0.5, 0.6) is 0 Å². The summed E-state index contributed by atoms with van der Waals surface area (Å²) in [4.78, 5) is 36.6. The van der Waals surface area contributed by atoms with Gasteiger partial charge in [-0.25, -0.2) is 0 Å². The summed E-state index contributed by atoms with van der Waals surface area (Å²) in [7, 11) is 0. The number of fused-ring (bicyclic) bond motifs is 1. The highest BCUT2D eigenvalue weighted by molar-refractivity contribution is 7.16. The van der Waals surface area contributed by atoms with Crippen molar-refractivity contribution in [2.75, 3.05) is 18.5 Å². The largest absolute Gasteiger partial charge is 0.459 e. The summed E-state index contributed by atoms with van der Waals surface area (Å²) in [5, 5.41) is 14.9. The molecular formula is C19H19N3O5S. The molecule has 3 rings (SSSR count). The molecule has 9 heteroatoms. The van der Waals surface area contributed by atoms with Crippen molar-refractivity contribution < 1.29 is 23.5 Å². The Morgan fingerprint density at radius 3 is 2.96 bits per heavy atom. The number of ether oxygens (including phenoxy) is 1. The van der Waals surface area contributed by atoms with Gasteiger partial charge in [0, 0.05) is 4.88 Å². The van der Waals surface area contributed by atoms with E-state index in [2.05, 4.69) is 23.6 Å². The quantitative estimate of drug-likeness (QED) is 0.716. The van der Waals surface area contributed by atoms with Gasteiger partial charge in [0.1, 0.15) is 17.6 Å². The lowest BCUT2D eigenvalue weighted by molar-refractivity contribution is -0.146. The van der Waals surface area contributed by atoms with Crippen LogP contribution >= 0.6 is 11.3 Å². The predicted molar refractivity (Wildman–Crippen MR) is 101 cm³/mol. The third kappa shape index (κ3) is 4.58. The molecule has 146 valence electrons. The fraction of sp³-hybridized carbons (Fsp3) is 0.368. The summed E-state index contributed by atoms with van der Waals surface area (Å²) in [5.74, 6) is -1.21. The van der Waals surface area contributed by atoms with Crippen molar-refractivity contribution in [3.05, 3.63) is 40.2 Å². The normalized spacial score (nSPS) is 15.2. The van der Waals surface area contributed by atoms with Gasteiger partial charge in [-0.05, 0) is 42.9 Å². The van der Waals surface area contributed by atoms with Gasteiger partial charge in [0.2, 0.25) is 0 Å². The zero-order chi connectivity index (χ0) is 20.1. The molecule has 0 unspecified atom stereocenters. The summed E-state index contributed by atoms with van der Waals surface area (Å²) in [6.45, 7) is 1.28. The number of carbonyl (C=O) groups is 3. The van der Waals surface area contributed by atoms with Gasteiger partial charge in [0.05, 0.1) is 11.8 Å². The standard InChI is InChI=1S/C19H19N3O5S/c1-11-4-5-12-13(8-20)19(28-15(12)7-11)22-16(23)10-27-17(24)9-21-18(25)14-3-2-6-26-14/h2-3,6,11H,4-5,7,9-10H2,1H3,(H,21,25)(H,22,23)/t11-/m1/s1.